The molecular weight excluding hydrogens is 408 g/mol. The Balaban J connectivity index is 2.41. The van der Waals surface area contributed by atoms with Crippen LogP contribution in [0.1, 0.15) is 10.5 Å². The Bertz CT molecular complexity index is 954. The lowest BCUT2D eigenvalue weighted by Gasteiger charge is -2.08. The molecule has 2 aromatic rings. The number of hydrogen-bond donors (Lipinski definition) is 1. The number of nitrogens with zero attached hydrogens (tertiary/aromatic N) is 1. The number of carbonyl (C=O) groups is 1. The Morgan fingerprint density at radius 1 is 1.04 bits per heavy atom. The van der Waals surface area contributed by atoms with Crippen LogP contribution in [-0.2, 0) is 19.9 Å². The Morgan fingerprint density at radius 2 is 1.65 bits per heavy atom. The Labute approximate surface area is 141 Å². The van der Waals surface area contributed by atoms with Gasteiger partial charge in [0.25, 0.3) is 0 Å². The van der Waals surface area contributed by atoms with Crippen LogP contribution < -0.4 is 5.14 Å². The predicted molar refractivity (Wildman–Crippen MR) is 86.1 cm³/mol. The average molecular weight is 419 g/mol. The highest BCUT2D eigenvalue weighted by Crippen LogP contribution is 2.21. The van der Waals surface area contributed by atoms with Gasteiger partial charge in [0.2, 0.25) is 10.0 Å². The SMILES string of the molecule is NS(=O)(=O)c1ccccc1S(=O)(=O)CC(=O)c1ccc(Br)cn1. The molecule has 0 bridgehead atoms. The van der Waals surface area contributed by atoms with Gasteiger partial charge in [-0.05, 0) is 40.2 Å². The molecule has 0 spiro atoms. The molecule has 0 atom stereocenters. The lowest BCUT2D eigenvalue weighted by Crippen LogP contribution is -2.21. The molecule has 0 fully saturated rings. The summed E-state index contributed by atoms with van der Waals surface area (Å²) in [6, 6.07) is 7.78. The number of nitrogens with two attached hydrogens (primary N) is 1. The number of hydrogen-bond acceptors (Lipinski definition) is 6. The van der Waals surface area contributed by atoms with Gasteiger partial charge in [-0.1, -0.05) is 12.1 Å². The second-order valence-corrected chi connectivity index (χ2v) is 8.94. The van der Waals surface area contributed by atoms with Crippen LogP contribution in [0.25, 0.3) is 0 Å². The smallest absolute Gasteiger partial charge is 0.239 e. The van der Waals surface area contributed by atoms with Crippen molar-refractivity contribution in [3.63, 3.8) is 0 Å². The van der Waals surface area contributed by atoms with Crippen LogP contribution in [0.2, 0.25) is 0 Å². The van der Waals surface area contributed by atoms with Gasteiger partial charge in [-0.25, -0.2) is 22.0 Å². The highest BCUT2D eigenvalue weighted by molar-refractivity contribution is 9.10. The van der Waals surface area contributed by atoms with E-state index in [9.17, 15) is 21.6 Å². The molecule has 0 unspecified atom stereocenters. The third-order valence-electron chi connectivity index (χ3n) is 2.82. The molecule has 23 heavy (non-hydrogen) atoms. The molecule has 0 saturated heterocycles. The van der Waals surface area contributed by atoms with Crippen molar-refractivity contribution in [1.29, 1.82) is 0 Å². The van der Waals surface area contributed by atoms with Gasteiger partial charge in [0, 0.05) is 10.7 Å². The number of sulfonamides is 1. The van der Waals surface area contributed by atoms with Crippen molar-refractivity contribution in [1.82, 2.24) is 4.98 Å². The van der Waals surface area contributed by atoms with Gasteiger partial charge in [-0.15, -0.1) is 0 Å². The minimum absolute atomic E-state index is 0.0372. The number of sulfone groups is 1. The number of rotatable bonds is 5. The number of primary sulfonamides is 1. The maximum Gasteiger partial charge on any atom is 0.239 e. The number of ketones is 1. The van der Waals surface area contributed by atoms with Gasteiger partial charge in [-0.2, -0.15) is 0 Å². The first-order valence-corrected chi connectivity index (χ1v) is 10.1. The highest BCUT2D eigenvalue weighted by Gasteiger charge is 2.27. The molecule has 0 radical (unpaired) electrons. The number of Topliss-reactive ketones (excluding diaryl/α,β-unsaturated/α-hetero) is 1. The van der Waals surface area contributed by atoms with Crippen LogP contribution >= 0.6 is 15.9 Å². The summed E-state index contributed by atoms with van der Waals surface area (Å²) < 4.78 is 48.4. The maximum absolute atomic E-state index is 12.4. The first kappa shape index (κ1) is 17.7. The van der Waals surface area contributed by atoms with Crippen molar-refractivity contribution < 1.29 is 21.6 Å². The summed E-state index contributed by atoms with van der Waals surface area (Å²) in [5.41, 5.74) is -0.0372. The van der Waals surface area contributed by atoms with E-state index in [0.29, 0.717) is 4.47 Å². The van der Waals surface area contributed by atoms with Crippen molar-refractivity contribution in [3.05, 3.63) is 52.8 Å². The second-order valence-electron chi connectivity index (χ2n) is 4.54. The van der Waals surface area contributed by atoms with E-state index in [4.69, 9.17) is 5.14 Å². The first-order valence-electron chi connectivity index (χ1n) is 6.10. The molecule has 0 saturated carbocycles. The average Bonchev–Trinajstić information content (AvgIpc) is 2.46. The monoisotopic (exact) mass is 418 g/mol. The molecule has 1 aromatic carbocycles. The Kier molecular flexibility index (Phi) is 4.99. The molecule has 122 valence electrons. The minimum Gasteiger partial charge on any atom is -0.291 e. The summed E-state index contributed by atoms with van der Waals surface area (Å²) in [7, 11) is -8.43. The third-order valence-corrected chi connectivity index (χ3v) is 6.06. The molecule has 0 aliphatic rings. The summed E-state index contributed by atoms with van der Waals surface area (Å²) in [5.74, 6) is -1.66. The summed E-state index contributed by atoms with van der Waals surface area (Å²) in [5, 5.41) is 5.02. The summed E-state index contributed by atoms with van der Waals surface area (Å²) in [4.78, 5) is 14.8. The van der Waals surface area contributed by atoms with Gasteiger partial charge in [0.05, 0.1) is 4.90 Å². The van der Waals surface area contributed by atoms with E-state index in [1.165, 1.54) is 24.4 Å². The van der Waals surface area contributed by atoms with Crippen LogP contribution in [-0.4, -0.2) is 33.4 Å². The van der Waals surface area contributed by atoms with E-state index < -0.39 is 41.2 Å². The third kappa shape index (κ3) is 4.22. The Hall–Kier alpha value is -1.62. The zero-order valence-corrected chi connectivity index (χ0v) is 14.7. The van der Waals surface area contributed by atoms with Crippen LogP contribution in [0.3, 0.4) is 0 Å². The van der Waals surface area contributed by atoms with Crippen LogP contribution in [0, 0.1) is 0 Å². The standard InChI is InChI=1S/C13H11BrN2O5S2/c14-9-5-6-10(16-7-9)11(17)8-22(18,19)12-3-1-2-4-13(12)23(15,20)21/h1-7H,8H2,(H2,15,20,21). The van der Waals surface area contributed by atoms with Crippen LogP contribution in [0.15, 0.2) is 56.9 Å². The molecule has 1 heterocycles. The summed E-state index contributed by atoms with van der Waals surface area (Å²) in [6.45, 7) is 0. The zero-order chi connectivity index (χ0) is 17.3. The van der Waals surface area contributed by atoms with Gasteiger partial charge in [0.15, 0.2) is 15.6 Å². The first-order chi connectivity index (χ1) is 10.6. The van der Waals surface area contributed by atoms with Gasteiger partial charge in [-0.3, -0.25) is 9.78 Å². The number of benzene rings is 1. The van der Waals surface area contributed by atoms with E-state index in [0.717, 1.165) is 12.1 Å². The summed E-state index contributed by atoms with van der Waals surface area (Å²) in [6.07, 6.45) is 1.36. The second kappa shape index (κ2) is 6.48. The van der Waals surface area contributed by atoms with Crippen molar-refractivity contribution in [2.45, 2.75) is 9.79 Å². The molecular formula is C13H11BrN2O5S2. The molecule has 0 aliphatic heterocycles. The van der Waals surface area contributed by atoms with Gasteiger partial charge >= 0.3 is 0 Å². The number of carbonyl (C=O) groups excluding carboxylic acids is 1. The van der Waals surface area contributed by atoms with E-state index in [-0.39, 0.29) is 5.69 Å². The molecule has 2 rings (SSSR count). The van der Waals surface area contributed by atoms with Crippen molar-refractivity contribution in [2.75, 3.05) is 5.75 Å². The molecule has 10 heteroatoms. The number of halogens is 1. The predicted octanol–water partition coefficient (Wildman–Crippen LogP) is 1.15. The molecule has 0 aliphatic carbocycles. The fourth-order valence-electron chi connectivity index (χ4n) is 1.81. The fraction of sp³-hybridized carbons (Fsp3) is 0.0769. The Morgan fingerprint density at radius 3 is 2.17 bits per heavy atom. The van der Waals surface area contributed by atoms with Crippen LogP contribution in [0.5, 0.6) is 0 Å². The largest absolute Gasteiger partial charge is 0.291 e. The zero-order valence-electron chi connectivity index (χ0n) is 11.5. The molecule has 7 nitrogen and oxygen atoms in total. The topological polar surface area (TPSA) is 124 Å². The molecule has 1 aromatic heterocycles. The van der Waals surface area contributed by atoms with Crippen molar-refractivity contribution in [2.24, 2.45) is 5.14 Å². The molecule has 0 amide bonds. The van der Waals surface area contributed by atoms with Crippen LogP contribution in [0.4, 0.5) is 0 Å². The quantitative estimate of drug-likeness (QED) is 0.725. The van der Waals surface area contributed by atoms with Gasteiger partial charge in [0.1, 0.15) is 16.3 Å². The number of aromatic nitrogens is 1. The van der Waals surface area contributed by atoms with E-state index >= 15 is 0 Å². The van der Waals surface area contributed by atoms with E-state index in [1.807, 2.05) is 0 Å². The maximum atomic E-state index is 12.4. The lowest BCUT2D eigenvalue weighted by molar-refractivity contribution is 0.101. The summed E-state index contributed by atoms with van der Waals surface area (Å²) >= 11 is 3.15. The number of pyridine rings is 1. The fourth-order valence-corrected chi connectivity index (χ4v) is 4.70. The van der Waals surface area contributed by atoms with E-state index in [1.54, 1.807) is 6.07 Å². The highest BCUT2D eigenvalue weighted by atomic mass is 79.9. The minimum atomic E-state index is -4.23. The normalized spacial score (nSPS) is 12.1. The van der Waals surface area contributed by atoms with E-state index in [2.05, 4.69) is 20.9 Å². The van der Waals surface area contributed by atoms with Gasteiger partial charge < -0.3 is 0 Å². The van der Waals surface area contributed by atoms with Crippen molar-refractivity contribution in [3.8, 4) is 0 Å². The van der Waals surface area contributed by atoms with Crippen molar-refractivity contribution >= 4 is 41.6 Å². The lowest BCUT2D eigenvalue weighted by atomic mass is 10.3. The molecule has 2 N–H and O–H groups in total.